The van der Waals surface area contributed by atoms with Gasteiger partial charge in [-0.1, -0.05) is 6.92 Å². The van der Waals surface area contributed by atoms with E-state index in [1.54, 1.807) is 11.3 Å². The zero-order valence-electron chi connectivity index (χ0n) is 14.1. The number of aromatic nitrogens is 1. The lowest BCUT2D eigenvalue weighted by molar-refractivity contribution is 0.147. The predicted molar refractivity (Wildman–Crippen MR) is 92.3 cm³/mol. The molecule has 0 aromatic carbocycles. The van der Waals surface area contributed by atoms with Crippen LogP contribution in [0.25, 0.3) is 0 Å². The van der Waals surface area contributed by atoms with Gasteiger partial charge in [-0.15, -0.1) is 11.3 Å². The van der Waals surface area contributed by atoms with E-state index in [2.05, 4.69) is 60.1 Å². The van der Waals surface area contributed by atoms with Crippen LogP contribution in [0.15, 0.2) is 11.6 Å². The minimum absolute atomic E-state index is 0.206. The van der Waals surface area contributed by atoms with Crippen LogP contribution in [0, 0.1) is 5.92 Å². The molecule has 0 aliphatic carbocycles. The largest absolute Gasteiger partial charge is 0.346 e. The highest BCUT2D eigenvalue weighted by Gasteiger charge is 2.26. The van der Waals surface area contributed by atoms with Crippen molar-refractivity contribution in [3.05, 3.63) is 11.6 Å². The van der Waals surface area contributed by atoms with E-state index in [1.165, 1.54) is 5.13 Å². The maximum Gasteiger partial charge on any atom is 0.185 e. The number of anilines is 1. The Morgan fingerprint density at radius 2 is 1.90 bits per heavy atom. The van der Waals surface area contributed by atoms with Crippen molar-refractivity contribution >= 4 is 16.5 Å². The predicted octanol–water partition coefficient (Wildman–Crippen LogP) is 2.68. The summed E-state index contributed by atoms with van der Waals surface area (Å²) in [6.07, 6.45) is 1.90. The van der Waals surface area contributed by atoms with Crippen molar-refractivity contribution in [3.63, 3.8) is 0 Å². The Kier molecular flexibility index (Phi) is 5.63. The summed E-state index contributed by atoms with van der Waals surface area (Å²) in [5.41, 5.74) is 0.206. The van der Waals surface area contributed by atoms with Crippen molar-refractivity contribution in [2.24, 2.45) is 5.92 Å². The third-order valence-electron chi connectivity index (χ3n) is 4.36. The van der Waals surface area contributed by atoms with Crippen LogP contribution in [0.3, 0.4) is 0 Å². The third-order valence-corrected chi connectivity index (χ3v) is 5.19. The van der Waals surface area contributed by atoms with E-state index in [9.17, 15) is 0 Å². The summed E-state index contributed by atoms with van der Waals surface area (Å²) in [6.45, 7) is 17.0. The fourth-order valence-corrected chi connectivity index (χ4v) is 3.39. The zero-order chi connectivity index (χ0) is 15.5. The Hall–Kier alpha value is -0.650. The molecule has 0 amide bonds. The smallest absolute Gasteiger partial charge is 0.185 e. The first-order chi connectivity index (χ1) is 9.87. The van der Waals surface area contributed by atoms with Gasteiger partial charge < -0.3 is 10.2 Å². The number of thiazole rings is 1. The van der Waals surface area contributed by atoms with Gasteiger partial charge in [0.15, 0.2) is 5.13 Å². The van der Waals surface area contributed by atoms with Gasteiger partial charge in [-0.3, -0.25) is 4.90 Å². The fraction of sp³-hybridized carbons (Fsp3) is 0.812. The Labute approximate surface area is 133 Å². The second-order valence-electron chi connectivity index (χ2n) is 7.19. The van der Waals surface area contributed by atoms with Crippen LogP contribution in [0.1, 0.15) is 34.6 Å². The van der Waals surface area contributed by atoms with Crippen molar-refractivity contribution < 1.29 is 0 Å². The SMILES string of the molecule is CC(CNC(C)(C)C)C(C)N1CCN(c2nccs2)CC1. The Balaban J connectivity index is 1.78. The Bertz CT molecular complexity index is 404. The number of nitrogens with zero attached hydrogens (tertiary/aromatic N) is 3. The molecule has 2 atom stereocenters. The van der Waals surface area contributed by atoms with Gasteiger partial charge in [0.05, 0.1) is 0 Å². The van der Waals surface area contributed by atoms with E-state index >= 15 is 0 Å². The number of piperazine rings is 1. The van der Waals surface area contributed by atoms with Crippen LogP contribution in [0.5, 0.6) is 0 Å². The molecule has 21 heavy (non-hydrogen) atoms. The van der Waals surface area contributed by atoms with Crippen molar-refractivity contribution in [2.45, 2.75) is 46.2 Å². The van der Waals surface area contributed by atoms with E-state index in [0.717, 1.165) is 32.7 Å². The van der Waals surface area contributed by atoms with Gasteiger partial charge in [-0.25, -0.2) is 4.98 Å². The summed E-state index contributed by atoms with van der Waals surface area (Å²) in [5, 5.41) is 6.86. The van der Waals surface area contributed by atoms with Gasteiger partial charge in [0.1, 0.15) is 0 Å². The number of nitrogens with one attached hydrogen (secondary N) is 1. The Morgan fingerprint density at radius 3 is 2.43 bits per heavy atom. The van der Waals surface area contributed by atoms with E-state index in [-0.39, 0.29) is 5.54 Å². The van der Waals surface area contributed by atoms with E-state index in [0.29, 0.717) is 12.0 Å². The maximum absolute atomic E-state index is 4.42. The molecule has 2 heterocycles. The summed E-state index contributed by atoms with van der Waals surface area (Å²) in [6, 6.07) is 0.623. The fourth-order valence-electron chi connectivity index (χ4n) is 2.69. The van der Waals surface area contributed by atoms with E-state index in [4.69, 9.17) is 0 Å². The molecule has 1 aliphatic heterocycles. The standard InChI is InChI=1S/C16H30N4S/c1-13(12-18-16(3,4)5)14(2)19-7-9-20(10-8-19)15-17-6-11-21-15/h6,11,13-14,18H,7-10,12H2,1-5H3. The molecule has 1 aromatic rings. The molecule has 1 aromatic heterocycles. The molecule has 4 nitrogen and oxygen atoms in total. The van der Waals surface area contributed by atoms with Crippen LogP contribution in [0.4, 0.5) is 5.13 Å². The van der Waals surface area contributed by atoms with Crippen LogP contribution in [0.2, 0.25) is 0 Å². The number of hydrogen-bond acceptors (Lipinski definition) is 5. The minimum atomic E-state index is 0.206. The lowest BCUT2D eigenvalue weighted by atomic mass is 9.99. The summed E-state index contributed by atoms with van der Waals surface area (Å²) in [5.74, 6) is 0.663. The molecule has 1 aliphatic rings. The lowest BCUT2D eigenvalue weighted by Crippen LogP contribution is -2.53. The number of rotatable bonds is 5. The molecule has 0 bridgehead atoms. The van der Waals surface area contributed by atoms with Crippen molar-refractivity contribution in [3.8, 4) is 0 Å². The second kappa shape index (κ2) is 7.07. The molecule has 0 spiro atoms. The molecule has 2 rings (SSSR count). The highest BCUT2D eigenvalue weighted by atomic mass is 32.1. The average molecular weight is 311 g/mol. The molecule has 0 saturated carbocycles. The molecule has 120 valence electrons. The van der Waals surface area contributed by atoms with Crippen molar-refractivity contribution in [1.82, 2.24) is 15.2 Å². The molecule has 1 fully saturated rings. The van der Waals surface area contributed by atoms with Crippen molar-refractivity contribution in [2.75, 3.05) is 37.6 Å². The summed E-state index contributed by atoms with van der Waals surface area (Å²) in [4.78, 5) is 9.45. The summed E-state index contributed by atoms with van der Waals surface area (Å²) >= 11 is 1.74. The molecule has 2 unspecified atom stereocenters. The first-order valence-electron chi connectivity index (χ1n) is 8.00. The van der Waals surface area contributed by atoms with Gasteiger partial charge >= 0.3 is 0 Å². The highest BCUT2D eigenvalue weighted by molar-refractivity contribution is 7.13. The molecular weight excluding hydrogens is 280 g/mol. The maximum atomic E-state index is 4.42. The molecule has 0 radical (unpaired) electrons. The zero-order valence-corrected chi connectivity index (χ0v) is 14.9. The van der Waals surface area contributed by atoms with E-state index < -0.39 is 0 Å². The van der Waals surface area contributed by atoms with Gasteiger partial charge in [-0.05, 0) is 40.2 Å². The van der Waals surface area contributed by atoms with Gasteiger partial charge in [0, 0.05) is 49.3 Å². The van der Waals surface area contributed by atoms with E-state index in [1.807, 2.05) is 6.20 Å². The molecular formula is C16H30N4S. The highest BCUT2D eigenvalue weighted by Crippen LogP contribution is 2.21. The van der Waals surface area contributed by atoms with Crippen LogP contribution in [-0.2, 0) is 0 Å². The number of hydrogen-bond donors (Lipinski definition) is 1. The quantitative estimate of drug-likeness (QED) is 0.906. The lowest BCUT2D eigenvalue weighted by Gasteiger charge is -2.40. The van der Waals surface area contributed by atoms with Gasteiger partial charge in [-0.2, -0.15) is 0 Å². The van der Waals surface area contributed by atoms with Gasteiger partial charge in [0.2, 0.25) is 0 Å². The first kappa shape index (κ1) is 16.7. The average Bonchev–Trinajstić information content (AvgIpc) is 2.97. The van der Waals surface area contributed by atoms with Gasteiger partial charge in [0.25, 0.3) is 0 Å². The Morgan fingerprint density at radius 1 is 1.24 bits per heavy atom. The monoisotopic (exact) mass is 310 g/mol. The first-order valence-corrected chi connectivity index (χ1v) is 8.88. The van der Waals surface area contributed by atoms with Crippen LogP contribution in [-0.4, -0.2) is 54.2 Å². The van der Waals surface area contributed by atoms with Crippen molar-refractivity contribution in [1.29, 1.82) is 0 Å². The van der Waals surface area contributed by atoms with Crippen LogP contribution >= 0.6 is 11.3 Å². The molecule has 5 heteroatoms. The van der Waals surface area contributed by atoms with Crippen LogP contribution < -0.4 is 10.2 Å². The third kappa shape index (κ3) is 4.94. The minimum Gasteiger partial charge on any atom is -0.346 e. The molecule has 1 saturated heterocycles. The molecule has 1 N–H and O–H groups in total. The second-order valence-corrected chi connectivity index (χ2v) is 8.06. The normalized spacial score (nSPS) is 20.5. The topological polar surface area (TPSA) is 31.4 Å². The summed E-state index contributed by atoms with van der Waals surface area (Å²) in [7, 11) is 0. The summed E-state index contributed by atoms with van der Waals surface area (Å²) < 4.78 is 0.